The zero-order valence-corrected chi connectivity index (χ0v) is 8.81. The van der Waals surface area contributed by atoms with Crippen LogP contribution in [0.4, 0.5) is 4.39 Å². The second-order valence-electron chi connectivity index (χ2n) is 2.97. The van der Waals surface area contributed by atoms with Crippen LogP contribution in [0.25, 0.3) is 0 Å². The lowest BCUT2D eigenvalue weighted by atomic mass is 10.0. The topological polar surface area (TPSA) is 46.2 Å². The van der Waals surface area contributed by atoms with E-state index in [2.05, 4.69) is 15.9 Å². The average molecular weight is 248 g/mol. The quantitative estimate of drug-likeness (QED) is 0.843. The Bertz CT molecular complexity index is 293. The van der Waals surface area contributed by atoms with Gasteiger partial charge in [0.25, 0.3) is 0 Å². The second kappa shape index (κ2) is 4.07. The molecule has 0 bridgehead atoms. The number of hydrogen-bond acceptors (Lipinski definition) is 2. The Balaban J connectivity index is 3.13. The molecule has 0 saturated carbocycles. The molecule has 0 aliphatic heterocycles. The van der Waals surface area contributed by atoms with Crippen molar-refractivity contribution >= 4 is 15.9 Å². The van der Waals surface area contributed by atoms with Gasteiger partial charge in [0.15, 0.2) is 0 Å². The van der Waals surface area contributed by atoms with E-state index in [4.69, 9.17) is 5.73 Å². The van der Waals surface area contributed by atoms with Crippen molar-refractivity contribution < 1.29 is 9.50 Å². The molecule has 1 atom stereocenters. The van der Waals surface area contributed by atoms with Crippen molar-refractivity contribution in [2.75, 3.05) is 6.54 Å². The van der Waals surface area contributed by atoms with E-state index in [1.807, 2.05) is 6.92 Å². The number of hydrogen-bond donors (Lipinski definition) is 2. The highest BCUT2D eigenvalue weighted by molar-refractivity contribution is 9.10. The first-order valence-corrected chi connectivity index (χ1v) is 4.73. The fraction of sp³-hybridized carbons (Fsp3) is 0.333. The first-order chi connectivity index (χ1) is 6.06. The molecule has 0 spiro atoms. The summed E-state index contributed by atoms with van der Waals surface area (Å²) in [5, 5.41) is 9.30. The third kappa shape index (κ3) is 2.19. The average Bonchev–Trinajstić information content (AvgIpc) is 2.12. The zero-order valence-electron chi connectivity index (χ0n) is 7.22. The summed E-state index contributed by atoms with van der Waals surface area (Å²) >= 11 is 2.93. The van der Waals surface area contributed by atoms with Crippen LogP contribution < -0.4 is 5.73 Å². The van der Waals surface area contributed by atoms with Crippen LogP contribution in [0.2, 0.25) is 0 Å². The third-order valence-corrected chi connectivity index (χ3v) is 2.74. The molecule has 0 aliphatic carbocycles. The summed E-state index contributed by atoms with van der Waals surface area (Å²) in [7, 11) is 0. The minimum Gasteiger partial charge on any atom is -0.507 e. The summed E-state index contributed by atoms with van der Waals surface area (Å²) in [4.78, 5) is 0. The number of phenolic OH excluding ortho intramolecular Hbond substituents is 1. The second-order valence-corrected chi connectivity index (χ2v) is 3.77. The largest absolute Gasteiger partial charge is 0.507 e. The van der Waals surface area contributed by atoms with E-state index in [9.17, 15) is 9.50 Å². The maximum atomic E-state index is 13.1. The number of aromatic hydroxyl groups is 1. The molecule has 4 heteroatoms. The monoisotopic (exact) mass is 247 g/mol. The van der Waals surface area contributed by atoms with Crippen molar-refractivity contribution in [3.63, 3.8) is 0 Å². The van der Waals surface area contributed by atoms with Crippen LogP contribution in [0.3, 0.4) is 0 Å². The molecule has 13 heavy (non-hydrogen) atoms. The van der Waals surface area contributed by atoms with Gasteiger partial charge in [-0.25, -0.2) is 4.39 Å². The Hall–Kier alpha value is -0.610. The standard InChI is InChI=1S/C9H11BrFNO/c1-5(4-12)6-2-7(11)9(10)8(13)3-6/h2-3,5,13H,4,12H2,1H3. The molecule has 0 heterocycles. The minimum absolute atomic E-state index is 0.0495. The fourth-order valence-corrected chi connectivity index (χ4v) is 1.24. The van der Waals surface area contributed by atoms with Crippen LogP contribution >= 0.6 is 15.9 Å². The lowest BCUT2D eigenvalue weighted by molar-refractivity contribution is 0.462. The summed E-state index contributed by atoms with van der Waals surface area (Å²) in [5.74, 6) is -0.501. The molecule has 1 aromatic rings. The van der Waals surface area contributed by atoms with E-state index in [-0.39, 0.29) is 16.1 Å². The van der Waals surface area contributed by atoms with Gasteiger partial charge in [0.2, 0.25) is 0 Å². The molecular formula is C9H11BrFNO. The SMILES string of the molecule is CC(CN)c1cc(O)c(Br)c(F)c1. The van der Waals surface area contributed by atoms with Gasteiger partial charge in [-0.3, -0.25) is 0 Å². The molecule has 1 unspecified atom stereocenters. The Morgan fingerprint density at radius 3 is 2.69 bits per heavy atom. The normalized spacial score (nSPS) is 12.9. The number of nitrogens with two attached hydrogens (primary N) is 1. The molecule has 0 aromatic heterocycles. The fourth-order valence-electron chi connectivity index (χ4n) is 1.02. The van der Waals surface area contributed by atoms with Crippen LogP contribution in [0.5, 0.6) is 5.75 Å². The Kier molecular flexibility index (Phi) is 3.27. The predicted octanol–water partition coefficient (Wildman–Crippen LogP) is 2.36. The van der Waals surface area contributed by atoms with Crippen molar-refractivity contribution in [2.45, 2.75) is 12.8 Å². The highest BCUT2D eigenvalue weighted by Gasteiger charge is 2.10. The van der Waals surface area contributed by atoms with Gasteiger partial charge in [0.05, 0.1) is 4.47 Å². The molecule has 1 rings (SSSR count). The molecule has 3 N–H and O–H groups in total. The number of rotatable bonds is 2. The molecule has 0 fully saturated rings. The molecular weight excluding hydrogens is 237 g/mol. The van der Waals surface area contributed by atoms with E-state index in [1.54, 1.807) is 0 Å². The lowest BCUT2D eigenvalue weighted by Crippen LogP contribution is -2.09. The van der Waals surface area contributed by atoms with E-state index < -0.39 is 5.82 Å². The first-order valence-electron chi connectivity index (χ1n) is 3.94. The van der Waals surface area contributed by atoms with Gasteiger partial charge in [-0.2, -0.15) is 0 Å². The summed E-state index contributed by atoms with van der Waals surface area (Å²) < 4.78 is 13.2. The van der Waals surface area contributed by atoms with Gasteiger partial charge < -0.3 is 10.8 Å². The van der Waals surface area contributed by atoms with Crippen LogP contribution in [-0.4, -0.2) is 11.7 Å². The molecule has 0 aliphatic rings. The smallest absolute Gasteiger partial charge is 0.141 e. The summed E-state index contributed by atoms with van der Waals surface area (Å²) in [6.45, 7) is 2.31. The first kappa shape index (κ1) is 10.5. The van der Waals surface area contributed by atoms with E-state index in [0.29, 0.717) is 12.1 Å². The van der Waals surface area contributed by atoms with Gasteiger partial charge in [0, 0.05) is 0 Å². The third-order valence-electron chi connectivity index (χ3n) is 1.95. The van der Waals surface area contributed by atoms with Crippen molar-refractivity contribution in [2.24, 2.45) is 5.73 Å². The Morgan fingerprint density at radius 1 is 1.62 bits per heavy atom. The molecule has 0 amide bonds. The van der Waals surface area contributed by atoms with E-state index in [1.165, 1.54) is 12.1 Å². The summed E-state index contributed by atoms with van der Waals surface area (Å²) in [6, 6.07) is 2.89. The van der Waals surface area contributed by atoms with Crippen molar-refractivity contribution in [3.8, 4) is 5.75 Å². The molecule has 1 aromatic carbocycles. The van der Waals surface area contributed by atoms with Crippen molar-refractivity contribution in [1.82, 2.24) is 0 Å². The number of benzene rings is 1. The van der Waals surface area contributed by atoms with Crippen LogP contribution in [0.1, 0.15) is 18.4 Å². The molecule has 2 nitrogen and oxygen atoms in total. The molecule has 0 saturated heterocycles. The van der Waals surface area contributed by atoms with Crippen LogP contribution in [-0.2, 0) is 0 Å². The van der Waals surface area contributed by atoms with Gasteiger partial charge in [0.1, 0.15) is 11.6 Å². The summed E-state index contributed by atoms with van der Waals surface area (Å²) in [6.07, 6.45) is 0. The molecule has 72 valence electrons. The maximum Gasteiger partial charge on any atom is 0.141 e. The minimum atomic E-state index is -0.463. The summed E-state index contributed by atoms with van der Waals surface area (Å²) in [5.41, 5.74) is 6.14. The van der Waals surface area contributed by atoms with Gasteiger partial charge in [-0.15, -0.1) is 0 Å². The van der Waals surface area contributed by atoms with Crippen LogP contribution in [0.15, 0.2) is 16.6 Å². The molecule has 0 radical (unpaired) electrons. The van der Waals surface area contributed by atoms with E-state index >= 15 is 0 Å². The number of halogens is 2. The van der Waals surface area contributed by atoms with Gasteiger partial charge >= 0.3 is 0 Å². The number of phenols is 1. The van der Waals surface area contributed by atoms with Gasteiger partial charge in [-0.1, -0.05) is 6.92 Å². The Labute approximate surface area is 84.7 Å². The zero-order chi connectivity index (χ0) is 10.0. The lowest BCUT2D eigenvalue weighted by Gasteiger charge is -2.10. The van der Waals surface area contributed by atoms with Gasteiger partial charge in [-0.05, 0) is 46.1 Å². The van der Waals surface area contributed by atoms with Crippen molar-refractivity contribution in [1.29, 1.82) is 0 Å². The highest BCUT2D eigenvalue weighted by atomic mass is 79.9. The Morgan fingerprint density at radius 2 is 2.23 bits per heavy atom. The van der Waals surface area contributed by atoms with E-state index in [0.717, 1.165) is 0 Å². The maximum absolute atomic E-state index is 13.1. The van der Waals surface area contributed by atoms with Crippen molar-refractivity contribution in [3.05, 3.63) is 28.0 Å². The van der Waals surface area contributed by atoms with Crippen LogP contribution in [0, 0.1) is 5.82 Å². The predicted molar refractivity (Wildman–Crippen MR) is 53.2 cm³/mol. The highest BCUT2D eigenvalue weighted by Crippen LogP contribution is 2.30.